The van der Waals surface area contributed by atoms with E-state index in [2.05, 4.69) is 15.4 Å². The van der Waals surface area contributed by atoms with Gasteiger partial charge in [-0.15, -0.1) is 5.10 Å². The van der Waals surface area contributed by atoms with Gasteiger partial charge in [-0.1, -0.05) is 23.7 Å². The van der Waals surface area contributed by atoms with E-state index in [1.165, 1.54) is 25.2 Å². The van der Waals surface area contributed by atoms with Crippen LogP contribution in [0, 0.1) is 0 Å². The van der Waals surface area contributed by atoms with Crippen LogP contribution >= 0.6 is 11.6 Å². The standard InChI is InChI=1S/C22H19ClN4O4/c1-29-17-10-7-15(12-19(17)30-2)21(28)27-22(24-13-14-5-8-16(23)9-6-14)25-20(26-27)18-4-3-11-31-18/h3-12H,13H2,1-2H3,(H,24,25,26). The SMILES string of the molecule is COc1ccc(C(=O)n2nc(-c3ccco3)nc2NCc2ccc(Cl)cc2)cc1OC. The zero-order valence-electron chi connectivity index (χ0n) is 16.8. The third kappa shape index (κ3) is 4.39. The molecule has 158 valence electrons. The number of furan rings is 1. The van der Waals surface area contributed by atoms with E-state index in [1.807, 2.05) is 12.1 Å². The quantitative estimate of drug-likeness (QED) is 0.454. The fourth-order valence-electron chi connectivity index (χ4n) is 2.95. The molecule has 2 aromatic heterocycles. The first-order valence-corrected chi connectivity index (χ1v) is 9.73. The molecule has 1 N–H and O–H groups in total. The second kappa shape index (κ2) is 8.93. The van der Waals surface area contributed by atoms with E-state index in [1.54, 1.807) is 42.5 Å². The molecule has 2 heterocycles. The van der Waals surface area contributed by atoms with Crippen molar-refractivity contribution in [3.8, 4) is 23.1 Å². The largest absolute Gasteiger partial charge is 0.493 e. The van der Waals surface area contributed by atoms with Crippen molar-refractivity contribution in [2.75, 3.05) is 19.5 Å². The molecule has 0 saturated carbocycles. The molecule has 0 amide bonds. The van der Waals surface area contributed by atoms with Crippen molar-refractivity contribution >= 4 is 23.5 Å². The van der Waals surface area contributed by atoms with Crippen LogP contribution < -0.4 is 14.8 Å². The molecule has 31 heavy (non-hydrogen) atoms. The molecule has 0 radical (unpaired) electrons. The molecule has 4 aromatic rings. The molecule has 4 rings (SSSR count). The second-order valence-electron chi connectivity index (χ2n) is 6.50. The van der Waals surface area contributed by atoms with Crippen LogP contribution in [-0.4, -0.2) is 34.9 Å². The molecule has 0 bridgehead atoms. The van der Waals surface area contributed by atoms with Crippen LogP contribution in [0.2, 0.25) is 5.02 Å². The highest BCUT2D eigenvalue weighted by Gasteiger charge is 2.21. The second-order valence-corrected chi connectivity index (χ2v) is 6.94. The summed E-state index contributed by atoms with van der Waals surface area (Å²) < 4.78 is 17.1. The first-order chi connectivity index (χ1) is 15.1. The minimum absolute atomic E-state index is 0.279. The number of ether oxygens (including phenoxy) is 2. The number of aromatic nitrogens is 3. The lowest BCUT2D eigenvalue weighted by Gasteiger charge is -2.10. The Morgan fingerprint density at radius 2 is 1.87 bits per heavy atom. The zero-order valence-corrected chi connectivity index (χ0v) is 17.6. The van der Waals surface area contributed by atoms with Crippen molar-refractivity contribution in [2.45, 2.75) is 6.54 Å². The van der Waals surface area contributed by atoms with Gasteiger partial charge in [-0.05, 0) is 48.0 Å². The van der Waals surface area contributed by atoms with Crippen LogP contribution in [0.1, 0.15) is 15.9 Å². The number of nitrogens with one attached hydrogen (secondary N) is 1. The summed E-state index contributed by atoms with van der Waals surface area (Å²) in [6.07, 6.45) is 1.52. The van der Waals surface area contributed by atoms with Crippen molar-refractivity contribution in [3.63, 3.8) is 0 Å². The predicted octanol–water partition coefficient (Wildman–Crippen LogP) is 4.51. The molecule has 0 saturated heterocycles. The maximum atomic E-state index is 13.2. The molecule has 9 heteroatoms. The normalized spacial score (nSPS) is 10.7. The number of nitrogens with zero attached hydrogens (tertiary/aromatic N) is 3. The number of carbonyl (C=O) groups is 1. The van der Waals surface area contributed by atoms with Gasteiger partial charge in [0.1, 0.15) is 0 Å². The van der Waals surface area contributed by atoms with E-state index in [-0.39, 0.29) is 17.7 Å². The minimum atomic E-state index is -0.384. The topological polar surface area (TPSA) is 91.4 Å². The van der Waals surface area contributed by atoms with Crippen molar-refractivity contribution in [1.29, 1.82) is 0 Å². The fraction of sp³-hybridized carbons (Fsp3) is 0.136. The first-order valence-electron chi connectivity index (χ1n) is 9.35. The third-order valence-electron chi connectivity index (χ3n) is 4.54. The summed E-state index contributed by atoms with van der Waals surface area (Å²) in [5, 5.41) is 8.17. The molecule has 0 aliphatic heterocycles. The van der Waals surface area contributed by atoms with Gasteiger partial charge in [0, 0.05) is 17.1 Å². The molecule has 0 aliphatic carbocycles. The Balaban J connectivity index is 1.68. The smallest absolute Gasteiger partial charge is 0.281 e. The number of halogens is 1. The van der Waals surface area contributed by atoms with Crippen molar-refractivity contribution < 1.29 is 18.7 Å². The molecule has 0 atom stereocenters. The summed E-state index contributed by atoms with van der Waals surface area (Å²) in [5.74, 6) is 1.60. The third-order valence-corrected chi connectivity index (χ3v) is 4.79. The van der Waals surface area contributed by atoms with E-state index in [4.69, 9.17) is 25.5 Å². The highest BCUT2D eigenvalue weighted by Crippen LogP contribution is 2.28. The van der Waals surface area contributed by atoms with E-state index in [0.717, 1.165) is 5.56 Å². The maximum absolute atomic E-state index is 13.2. The Kier molecular flexibility index (Phi) is 5.90. The van der Waals surface area contributed by atoms with E-state index in [0.29, 0.717) is 34.4 Å². The molecule has 0 aliphatic rings. The summed E-state index contributed by atoms with van der Waals surface area (Å²) in [6.45, 7) is 0.423. The van der Waals surface area contributed by atoms with Gasteiger partial charge in [0.15, 0.2) is 17.3 Å². The number of carbonyl (C=O) groups excluding carboxylic acids is 1. The number of anilines is 1. The number of rotatable bonds is 7. The molecule has 0 unspecified atom stereocenters. The van der Waals surface area contributed by atoms with Crippen LogP contribution in [0.3, 0.4) is 0 Å². The van der Waals surface area contributed by atoms with Crippen molar-refractivity contribution in [1.82, 2.24) is 14.8 Å². The van der Waals surface area contributed by atoms with Gasteiger partial charge in [-0.25, -0.2) is 0 Å². The van der Waals surface area contributed by atoms with Crippen LogP contribution in [0.4, 0.5) is 5.95 Å². The van der Waals surface area contributed by atoms with Gasteiger partial charge >= 0.3 is 0 Å². The number of benzene rings is 2. The van der Waals surface area contributed by atoms with E-state index in [9.17, 15) is 4.79 Å². The average Bonchev–Trinajstić information content (AvgIpc) is 3.48. The minimum Gasteiger partial charge on any atom is -0.493 e. The van der Waals surface area contributed by atoms with Gasteiger partial charge in [0.05, 0.1) is 20.5 Å². The maximum Gasteiger partial charge on any atom is 0.281 e. The van der Waals surface area contributed by atoms with Gasteiger partial charge < -0.3 is 19.2 Å². The van der Waals surface area contributed by atoms with Gasteiger partial charge in [-0.3, -0.25) is 4.79 Å². The van der Waals surface area contributed by atoms with Gasteiger partial charge in [0.2, 0.25) is 11.8 Å². The van der Waals surface area contributed by atoms with Crippen molar-refractivity contribution in [3.05, 3.63) is 77.0 Å². The Morgan fingerprint density at radius 3 is 2.55 bits per heavy atom. The molecular weight excluding hydrogens is 420 g/mol. The van der Waals surface area contributed by atoms with Crippen LogP contribution in [0.5, 0.6) is 11.5 Å². The van der Waals surface area contributed by atoms with Crippen LogP contribution in [0.15, 0.2) is 65.3 Å². The molecule has 2 aromatic carbocycles. The highest BCUT2D eigenvalue weighted by atomic mass is 35.5. The number of hydrogen-bond acceptors (Lipinski definition) is 7. The molecule has 0 fully saturated rings. The number of methoxy groups -OCH3 is 2. The summed E-state index contributed by atoms with van der Waals surface area (Å²) in [6, 6.07) is 15.7. The summed E-state index contributed by atoms with van der Waals surface area (Å²) >= 11 is 5.95. The Morgan fingerprint density at radius 1 is 1.10 bits per heavy atom. The molecular formula is C22H19ClN4O4. The Hall–Kier alpha value is -3.78. The zero-order chi connectivity index (χ0) is 21.8. The average molecular weight is 439 g/mol. The Bertz CT molecular complexity index is 1190. The lowest BCUT2D eigenvalue weighted by Crippen LogP contribution is -2.17. The van der Waals surface area contributed by atoms with Crippen molar-refractivity contribution in [2.24, 2.45) is 0 Å². The van der Waals surface area contributed by atoms with Gasteiger partial charge in [-0.2, -0.15) is 9.67 Å². The van der Waals surface area contributed by atoms with E-state index >= 15 is 0 Å². The molecule has 8 nitrogen and oxygen atoms in total. The number of hydrogen-bond donors (Lipinski definition) is 1. The monoisotopic (exact) mass is 438 g/mol. The summed E-state index contributed by atoms with van der Waals surface area (Å²) in [7, 11) is 3.04. The first kappa shape index (κ1) is 20.5. The van der Waals surface area contributed by atoms with Gasteiger partial charge in [0.25, 0.3) is 5.91 Å². The van der Waals surface area contributed by atoms with E-state index < -0.39 is 0 Å². The summed E-state index contributed by atoms with van der Waals surface area (Å²) in [4.78, 5) is 17.7. The lowest BCUT2D eigenvalue weighted by molar-refractivity contribution is 0.0947. The predicted molar refractivity (Wildman–Crippen MR) is 116 cm³/mol. The molecule has 0 spiro atoms. The highest BCUT2D eigenvalue weighted by molar-refractivity contribution is 6.30. The van der Waals surface area contributed by atoms with Crippen LogP contribution in [-0.2, 0) is 6.54 Å². The fourth-order valence-corrected chi connectivity index (χ4v) is 3.08. The Labute approximate surface area is 183 Å². The lowest BCUT2D eigenvalue weighted by atomic mass is 10.2. The van der Waals surface area contributed by atoms with Crippen LogP contribution in [0.25, 0.3) is 11.6 Å². The summed E-state index contributed by atoms with van der Waals surface area (Å²) in [5.41, 5.74) is 1.33.